The van der Waals surface area contributed by atoms with Gasteiger partial charge in [0.05, 0.1) is 0 Å². The van der Waals surface area contributed by atoms with Crippen molar-refractivity contribution in [3.63, 3.8) is 0 Å². The lowest BCUT2D eigenvalue weighted by Crippen LogP contribution is -2.18. The van der Waals surface area contributed by atoms with Crippen molar-refractivity contribution in [2.75, 3.05) is 0 Å². The summed E-state index contributed by atoms with van der Waals surface area (Å²) in [5, 5.41) is 0. The summed E-state index contributed by atoms with van der Waals surface area (Å²) < 4.78 is 5.39. The first-order valence-corrected chi connectivity index (χ1v) is 5.99. The molecule has 15 heavy (non-hydrogen) atoms. The normalized spacial score (nSPS) is 13.7. The summed E-state index contributed by atoms with van der Waals surface area (Å²) in [7, 11) is 0. The number of rotatable bonds is 7. The van der Waals surface area contributed by atoms with Gasteiger partial charge >= 0.3 is 5.97 Å². The number of hydrogen-bond donors (Lipinski definition) is 0. The van der Waals surface area contributed by atoms with Crippen LogP contribution in [0.3, 0.4) is 0 Å². The lowest BCUT2D eigenvalue weighted by molar-refractivity contribution is -0.144. The van der Waals surface area contributed by atoms with Crippen LogP contribution in [-0.4, -0.2) is 12.1 Å². The molecule has 0 aliphatic heterocycles. The Morgan fingerprint density at radius 2 is 2.00 bits per heavy atom. The molecule has 0 spiro atoms. The minimum Gasteiger partial charge on any atom is -0.459 e. The van der Waals surface area contributed by atoms with Gasteiger partial charge in [-0.25, -0.2) is 4.79 Å². The molecule has 0 fully saturated rings. The molecule has 0 aliphatic rings. The van der Waals surface area contributed by atoms with Crippen LogP contribution in [0.4, 0.5) is 0 Å². The molecule has 1 atom stereocenters. The summed E-state index contributed by atoms with van der Waals surface area (Å²) in [6, 6.07) is 0. The monoisotopic (exact) mass is 212 g/mol. The topological polar surface area (TPSA) is 26.3 Å². The summed E-state index contributed by atoms with van der Waals surface area (Å²) in [6.07, 6.45) is 7.37. The van der Waals surface area contributed by atoms with Crippen molar-refractivity contribution in [3.05, 3.63) is 11.6 Å². The fourth-order valence-corrected chi connectivity index (χ4v) is 1.33. The maximum absolute atomic E-state index is 11.5. The first-order valence-electron chi connectivity index (χ1n) is 5.99. The lowest BCUT2D eigenvalue weighted by atomic mass is 10.1. The van der Waals surface area contributed by atoms with Gasteiger partial charge in [0.25, 0.3) is 0 Å². The molecule has 0 aliphatic carbocycles. The largest absolute Gasteiger partial charge is 0.459 e. The first-order chi connectivity index (χ1) is 7.15. The van der Waals surface area contributed by atoms with E-state index in [4.69, 9.17) is 4.74 Å². The van der Waals surface area contributed by atoms with Crippen LogP contribution in [0.15, 0.2) is 11.6 Å². The molecule has 0 amide bonds. The zero-order valence-corrected chi connectivity index (χ0v) is 10.5. The van der Waals surface area contributed by atoms with E-state index in [2.05, 4.69) is 13.8 Å². The third kappa shape index (κ3) is 6.32. The van der Waals surface area contributed by atoms with Crippen molar-refractivity contribution in [1.29, 1.82) is 0 Å². The Hall–Kier alpha value is -0.790. The molecule has 2 nitrogen and oxygen atoms in total. The SMILES string of the molecule is C/C=C(\C)C(=O)O[C@@H](CC)CCCCC. The molecule has 0 unspecified atom stereocenters. The van der Waals surface area contributed by atoms with E-state index in [1.165, 1.54) is 12.8 Å². The van der Waals surface area contributed by atoms with Gasteiger partial charge in [0.1, 0.15) is 6.10 Å². The second-order valence-electron chi connectivity index (χ2n) is 3.90. The van der Waals surface area contributed by atoms with Gasteiger partial charge in [-0.3, -0.25) is 0 Å². The fourth-order valence-electron chi connectivity index (χ4n) is 1.33. The lowest BCUT2D eigenvalue weighted by Gasteiger charge is -2.16. The molecule has 0 radical (unpaired) electrons. The summed E-state index contributed by atoms with van der Waals surface area (Å²) in [5.41, 5.74) is 0.698. The summed E-state index contributed by atoms with van der Waals surface area (Å²) in [6.45, 7) is 7.89. The first kappa shape index (κ1) is 14.2. The van der Waals surface area contributed by atoms with Gasteiger partial charge in [-0.15, -0.1) is 0 Å². The molecule has 0 N–H and O–H groups in total. The van der Waals surface area contributed by atoms with E-state index in [0.29, 0.717) is 5.57 Å². The van der Waals surface area contributed by atoms with Crippen LogP contribution >= 0.6 is 0 Å². The highest BCUT2D eigenvalue weighted by atomic mass is 16.5. The molecule has 0 bridgehead atoms. The van der Waals surface area contributed by atoms with Gasteiger partial charge in [-0.1, -0.05) is 32.8 Å². The minimum absolute atomic E-state index is 0.0962. The Bertz CT molecular complexity index is 207. The number of carbonyl (C=O) groups excluding carboxylic acids is 1. The van der Waals surface area contributed by atoms with Crippen molar-refractivity contribution in [2.24, 2.45) is 0 Å². The van der Waals surface area contributed by atoms with E-state index in [9.17, 15) is 4.79 Å². The highest BCUT2D eigenvalue weighted by Gasteiger charge is 2.12. The van der Waals surface area contributed by atoms with Gasteiger partial charge < -0.3 is 4.74 Å². The second kappa shape index (κ2) is 8.51. The molecular formula is C13H24O2. The standard InChI is InChI=1S/C13H24O2/c1-5-8-9-10-12(7-3)15-13(14)11(4)6-2/h6,12H,5,7-10H2,1-4H3/b11-6+/t12-/m0/s1. The number of hydrogen-bond acceptors (Lipinski definition) is 2. The quantitative estimate of drug-likeness (QED) is 0.364. The van der Waals surface area contributed by atoms with Gasteiger partial charge in [-0.2, -0.15) is 0 Å². The van der Waals surface area contributed by atoms with E-state index in [1.807, 2.05) is 6.92 Å². The Morgan fingerprint density at radius 3 is 2.47 bits per heavy atom. The van der Waals surface area contributed by atoms with Gasteiger partial charge in [0, 0.05) is 5.57 Å². The summed E-state index contributed by atoms with van der Waals surface area (Å²) >= 11 is 0. The summed E-state index contributed by atoms with van der Waals surface area (Å²) in [5.74, 6) is -0.166. The van der Waals surface area contributed by atoms with Gasteiger partial charge in [0.15, 0.2) is 0 Å². The van der Waals surface area contributed by atoms with Crippen molar-refractivity contribution < 1.29 is 9.53 Å². The molecule has 0 saturated heterocycles. The maximum Gasteiger partial charge on any atom is 0.333 e. The molecule has 0 rings (SSSR count). The predicted molar refractivity (Wildman–Crippen MR) is 63.7 cm³/mol. The zero-order chi connectivity index (χ0) is 11.7. The number of esters is 1. The van der Waals surface area contributed by atoms with Crippen LogP contribution in [0.1, 0.15) is 59.8 Å². The molecule has 0 heterocycles. The molecule has 0 aromatic rings. The summed E-state index contributed by atoms with van der Waals surface area (Å²) in [4.78, 5) is 11.5. The Morgan fingerprint density at radius 1 is 1.33 bits per heavy atom. The van der Waals surface area contributed by atoms with E-state index in [1.54, 1.807) is 13.0 Å². The average molecular weight is 212 g/mol. The average Bonchev–Trinajstić information content (AvgIpc) is 2.26. The minimum atomic E-state index is -0.166. The predicted octanol–water partition coefficient (Wildman–Crippen LogP) is 3.85. The Kier molecular flexibility index (Phi) is 8.06. The van der Waals surface area contributed by atoms with Crippen molar-refractivity contribution in [1.82, 2.24) is 0 Å². The van der Waals surface area contributed by atoms with Crippen LogP contribution in [0, 0.1) is 0 Å². The van der Waals surface area contributed by atoms with Crippen LogP contribution < -0.4 is 0 Å². The van der Waals surface area contributed by atoms with E-state index >= 15 is 0 Å². The number of carbonyl (C=O) groups is 1. The van der Waals surface area contributed by atoms with Crippen LogP contribution in [0.2, 0.25) is 0 Å². The molecule has 0 aromatic heterocycles. The van der Waals surface area contributed by atoms with Crippen LogP contribution in [0.5, 0.6) is 0 Å². The number of ether oxygens (including phenoxy) is 1. The van der Waals surface area contributed by atoms with E-state index in [0.717, 1.165) is 19.3 Å². The smallest absolute Gasteiger partial charge is 0.333 e. The van der Waals surface area contributed by atoms with Crippen LogP contribution in [-0.2, 0) is 9.53 Å². The Balaban J connectivity index is 3.93. The fraction of sp³-hybridized carbons (Fsp3) is 0.769. The third-order valence-corrected chi connectivity index (χ3v) is 2.61. The van der Waals surface area contributed by atoms with E-state index in [-0.39, 0.29) is 12.1 Å². The molecule has 2 heteroatoms. The molecule has 0 saturated carbocycles. The molecular weight excluding hydrogens is 188 g/mol. The number of unbranched alkanes of at least 4 members (excludes halogenated alkanes) is 2. The molecule has 88 valence electrons. The Labute approximate surface area is 93.7 Å². The van der Waals surface area contributed by atoms with Crippen LogP contribution in [0.25, 0.3) is 0 Å². The third-order valence-electron chi connectivity index (χ3n) is 2.61. The maximum atomic E-state index is 11.5. The molecule has 0 aromatic carbocycles. The highest BCUT2D eigenvalue weighted by Crippen LogP contribution is 2.12. The van der Waals surface area contributed by atoms with E-state index < -0.39 is 0 Å². The van der Waals surface area contributed by atoms with Gasteiger partial charge in [-0.05, 0) is 33.1 Å². The van der Waals surface area contributed by atoms with Crippen molar-refractivity contribution in [2.45, 2.75) is 65.9 Å². The highest BCUT2D eigenvalue weighted by molar-refractivity contribution is 5.87. The van der Waals surface area contributed by atoms with Crippen molar-refractivity contribution >= 4 is 5.97 Å². The van der Waals surface area contributed by atoms with Crippen molar-refractivity contribution in [3.8, 4) is 0 Å². The number of allylic oxidation sites excluding steroid dienone is 1. The second-order valence-corrected chi connectivity index (χ2v) is 3.90. The van der Waals surface area contributed by atoms with Gasteiger partial charge in [0.2, 0.25) is 0 Å². The zero-order valence-electron chi connectivity index (χ0n) is 10.5.